The van der Waals surface area contributed by atoms with Gasteiger partial charge in [-0.05, 0) is 67.6 Å². The van der Waals surface area contributed by atoms with Gasteiger partial charge in [0.2, 0.25) is 5.91 Å². The quantitative estimate of drug-likeness (QED) is 0.685. The van der Waals surface area contributed by atoms with Crippen molar-refractivity contribution < 1.29 is 13.9 Å². The Kier molecular flexibility index (Phi) is 5.60. The average Bonchev–Trinajstić information content (AvgIpc) is 3.18. The van der Waals surface area contributed by atoms with Gasteiger partial charge in [0.25, 0.3) is 0 Å². The van der Waals surface area contributed by atoms with E-state index in [1.54, 1.807) is 19.2 Å². The number of rotatable bonds is 6. The van der Waals surface area contributed by atoms with Crippen molar-refractivity contribution in [1.82, 2.24) is 15.1 Å². The molecule has 0 aliphatic heterocycles. The third-order valence-corrected chi connectivity index (χ3v) is 5.39. The summed E-state index contributed by atoms with van der Waals surface area (Å²) in [6.07, 6.45) is 5.71. The Morgan fingerprint density at radius 2 is 1.97 bits per heavy atom. The SMILES string of the molecule is COc1ccc(CCC(=O)N[C@@H]2CCCc3c2cnn3-c2ccc(F)cc2)cc1. The zero-order valence-corrected chi connectivity index (χ0v) is 16.4. The van der Waals surface area contributed by atoms with Gasteiger partial charge >= 0.3 is 0 Å². The smallest absolute Gasteiger partial charge is 0.220 e. The first-order valence-electron chi connectivity index (χ1n) is 9.89. The summed E-state index contributed by atoms with van der Waals surface area (Å²) in [4.78, 5) is 12.5. The van der Waals surface area contributed by atoms with E-state index in [9.17, 15) is 9.18 Å². The summed E-state index contributed by atoms with van der Waals surface area (Å²) in [5.41, 5.74) is 4.08. The molecular weight excluding hydrogens is 369 g/mol. The van der Waals surface area contributed by atoms with Gasteiger partial charge in [-0.15, -0.1) is 0 Å². The van der Waals surface area contributed by atoms with Crippen LogP contribution in [-0.2, 0) is 17.6 Å². The largest absolute Gasteiger partial charge is 0.497 e. The summed E-state index contributed by atoms with van der Waals surface area (Å²) in [5.74, 6) is 0.580. The Morgan fingerprint density at radius 3 is 2.69 bits per heavy atom. The maximum atomic E-state index is 13.2. The zero-order valence-electron chi connectivity index (χ0n) is 16.4. The van der Waals surface area contributed by atoms with Gasteiger partial charge in [0.05, 0.1) is 25.0 Å². The van der Waals surface area contributed by atoms with Crippen molar-refractivity contribution >= 4 is 5.91 Å². The Bertz CT molecular complexity index is 980. The van der Waals surface area contributed by atoms with E-state index >= 15 is 0 Å². The van der Waals surface area contributed by atoms with Gasteiger partial charge in [0.15, 0.2) is 0 Å². The fourth-order valence-electron chi connectivity index (χ4n) is 3.83. The summed E-state index contributed by atoms with van der Waals surface area (Å²) in [7, 11) is 1.64. The lowest BCUT2D eigenvalue weighted by atomic mass is 9.92. The van der Waals surface area contributed by atoms with Crippen LogP contribution >= 0.6 is 0 Å². The van der Waals surface area contributed by atoms with Crippen LogP contribution in [0.15, 0.2) is 54.7 Å². The fourth-order valence-corrected chi connectivity index (χ4v) is 3.83. The Morgan fingerprint density at radius 1 is 1.21 bits per heavy atom. The zero-order chi connectivity index (χ0) is 20.2. The predicted octanol–water partition coefficient (Wildman–Crippen LogP) is 4.15. The molecule has 1 N–H and O–H groups in total. The van der Waals surface area contributed by atoms with E-state index in [2.05, 4.69) is 10.4 Å². The molecule has 1 atom stereocenters. The normalized spacial score (nSPS) is 15.6. The molecule has 4 rings (SSSR count). The third-order valence-electron chi connectivity index (χ3n) is 5.39. The van der Waals surface area contributed by atoms with Crippen molar-refractivity contribution in [3.8, 4) is 11.4 Å². The summed E-state index contributed by atoms with van der Waals surface area (Å²) in [5, 5.41) is 7.66. The van der Waals surface area contributed by atoms with Gasteiger partial charge in [-0.3, -0.25) is 4.79 Å². The first kappa shape index (κ1) is 19.2. The number of benzene rings is 2. The third kappa shape index (κ3) is 4.31. The minimum atomic E-state index is -0.267. The number of hydrogen-bond donors (Lipinski definition) is 1. The Labute approximate surface area is 169 Å². The lowest BCUT2D eigenvalue weighted by Crippen LogP contribution is -2.31. The van der Waals surface area contributed by atoms with Gasteiger partial charge in [0.1, 0.15) is 11.6 Å². The molecule has 150 valence electrons. The number of nitrogens with one attached hydrogen (secondary N) is 1. The second kappa shape index (κ2) is 8.47. The fraction of sp³-hybridized carbons (Fsp3) is 0.304. The number of carbonyl (C=O) groups excluding carboxylic acids is 1. The summed E-state index contributed by atoms with van der Waals surface area (Å²) in [6, 6.07) is 14.1. The van der Waals surface area contributed by atoms with Crippen LogP contribution in [0.4, 0.5) is 4.39 Å². The molecule has 5 nitrogen and oxygen atoms in total. The number of fused-ring (bicyclic) bond motifs is 1. The number of halogens is 1. The van der Waals surface area contributed by atoms with Gasteiger partial charge in [-0.2, -0.15) is 5.10 Å². The lowest BCUT2D eigenvalue weighted by Gasteiger charge is -2.24. The molecule has 1 aliphatic rings. The molecule has 29 heavy (non-hydrogen) atoms. The second-order valence-corrected chi connectivity index (χ2v) is 7.30. The molecule has 2 aromatic carbocycles. The molecule has 0 radical (unpaired) electrons. The molecule has 0 saturated carbocycles. The van der Waals surface area contributed by atoms with E-state index < -0.39 is 0 Å². The first-order valence-corrected chi connectivity index (χ1v) is 9.89. The molecule has 1 aromatic heterocycles. The lowest BCUT2D eigenvalue weighted by molar-refractivity contribution is -0.121. The highest BCUT2D eigenvalue weighted by Gasteiger charge is 2.26. The molecule has 1 aliphatic carbocycles. The summed E-state index contributed by atoms with van der Waals surface area (Å²) >= 11 is 0. The number of hydrogen-bond acceptors (Lipinski definition) is 3. The Hall–Kier alpha value is -3.15. The van der Waals surface area contributed by atoms with Gasteiger partial charge in [0, 0.05) is 17.7 Å². The molecular formula is C23H24FN3O2. The minimum absolute atomic E-state index is 0.0312. The van der Waals surface area contributed by atoms with Crippen molar-refractivity contribution in [1.29, 1.82) is 0 Å². The van der Waals surface area contributed by atoms with Crippen LogP contribution in [-0.4, -0.2) is 22.8 Å². The molecule has 1 heterocycles. The molecule has 0 spiro atoms. The monoisotopic (exact) mass is 393 g/mol. The van der Waals surface area contributed by atoms with Crippen LogP contribution in [0.5, 0.6) is 5.75 Å². The molecule has 0 bridgehead atoms. The highest BCUT2D eigenvalue weighted by molar-refractivity contribution is 5.76. The van der Waals surface area contributed by atoms with E-state index in [1.165, 1.54) is 12.1 Å². The number of ether oxygens (including phenoxy) is 1. The topological polar surface area (TPSA) is 56.1 Å². The maximum Gasteiger partial charge on any atom is 0.220 e. The number of methoxy groups -OCH3 is 1. The highest BCUT2D eigenvalue weighted by Crippen LogP contribution is 2.31. The minimum Gasteiger partial charge on any atom is -0.497 e. The van der Waals surface area contributed by atoms with Crippen LogP contribution in [0.1, 0.15) is 42.1 Å². The highest BCUT2D eigenvalue weighted by atomic mass is 19.1. The van der Waals surface area contributed by atoms with Crippen molar-refractivity contribution in [2.45, 2.75) is 38.1 Å². The van der Waals surface area contributed by atoms with Crippen LogP contribution in [0.25, 0.3) is 5.69 Å². The molecule has 6 heteroatoms. The van der Waals surface area contributed by atoms with E-state index in [0.717, 1.165) is 47.5 Å². The average molecular weight is 393 g/mol. The van der Waals surface area contributed by atoms with Crippen molar-refractivity contribution in [3.05, 3.63) is 77.4 Å². The van der Waals surface area contributed by atoms with E-state index in [-0.39, 0.29) is 17.8 Å². The van der Waals surface area contributed by atoms with E-state index in [4.69, 9.17) is 4.74 Å². The van der Waals surface area contributed by atoms with E-state index in [0.29, 0.717) is 12.8 Å². The number of aryl methyl sites for hydroxylation is 1. The molecule has 3 aromatic rings. The molecule has 0 fully saturated rings. The van der Waals surface area contributed by atoms with Gasteiger partial charge in [-0.25, -0.2) is 9.07 Å². The standard InChI is InChI=1S/C23H24FN3O2/c1-29-19-12-5-16(6-13-19)7-14-23(28)26-21-3-2-4-22-20(21)15-25-27(22)18-10-8-17(24)9-11-18/h5-6,8-13,15,21H,2-4,7,14H2,1H3,(H,26,28)/t21-/m1/s1. The number of nitrogens with zero attached hydrogens (tertiary/aromatic N) is 2. The number of amides is 1. The molecule has 0 saturated heterocycles. The van der Waals surface area contributed by atoms with Crippen LogP contribution in [0.2, 0.25) is 0 Å². The van der Waals surface area contributed by atoms with Gasteiger partial charge < -0.3 is 10.1 Å². The van der Waals surface area contributed by atoms with Crippen LogP contribution in [0, 0.1) is 5.82 Å². The maximum absolute atomic E-state index is 13.2. The van der Waals surface area contributed by atoms with Crippen molar-refractivity contribution in [2.24, 2.45) is 0 Å². The van der Waals surface area contributed by atoms with Crippen molar-refractivity contribution in [2.75, 3.05) is 7.11 Å². The second-order valence-electron chi connectivity index (χ2n) is 7.30. The van der Waals surface area contributed by atoms with Crippen LogP contribution < -0.4 is 10.1 Å². The number of aromatic nitrogens is 2. The van der Waals surface area contributed by atoms with E-state index in [1.807, 2.05) is 35.1 Å². The summed E-state index contributed by atoms with van der Waals surface area (Å²) in [6.45, 7) is 0. The number of carbonyl (C=O) groups is 1. The molecule has 0 unspecified atom stereocenters. The van der Waals surface area contributed by atoms with Crippen molar-refractivity contribution in [3.63, 3.8) is 0 Å². The van der Waals surface area contributed by atoms with Gasteiger partial charge in [-0.1, -0.05) is 12.1 Å². The Balaban J connectivity index is 1.41. The summed E-state index contributed by atoms with van der Waals surface area (Å²) < 4.78 is 20.2. The first-order chi connectivity index (χ1) is 14.1. The van der Waals surface area contributed by atoms with Crippen LogP contribution in [0.3, 0.4) is 0 Å². The predicted molar refractivity (Wildman–Crippen MR) is 109 cm³/mol. The molecule has 1 amide bonds.